The zero-order valence-electron chi connectivity index (χ0n) is 21.7. The van der Waals surface area contributed by atoms with Crippen LogP contribution in [0.5, 0.6) is 23.0 Å². The fraction of sp³-hybridized carbons (Fsp3) is 0.500. The van der Waals surface area contributed by atoms with Crippen LogP contribution in [0.4, 0.5) is 5.69 Å². The van der Waals surface area contributed by atoms with E-state index in [1.54, 1.807) is 21.3 Å². The number of nitrogens with zero attached hydrogens (tertiary/aromatic N) is 1. The Bertz CT molecular complexity index is 995. The summed E-state index contributed by atoms with van der Waals surface area (Å²) in [5.41, 5.74) is 4.05. The van der Waals surface area contributed by atoms with Crippen LogP contribution in [0.15, 0.2) is 41.1 Å². The molecule has 0 atom stereocenters. The third kappa shape index (κ3) is 7.46. The van der Waals surface area contributed by atoms with Gasteiger partial charge >= 0.3 is 0 Å². The summed E-state index contributed by atoms with van der Waals surface area (Å²) >= 11 is 6.73. The summed E-state index contributed by atoms with van der Waals surface area (Å²) in [6.07, 6.45) is 9.26. The molecule has 0 N–H and O–H groups in total. The van der Waals surface area contributed by atoms with E-state index in [1.807, 2.05) is 29.3 Å². The molecule has 2 aromatic carbocycles. The Morgan fingerprint density at radius 3 is 2.17 bits per heavy atom. The molecule has 0 unspecified atom stereocenters. The number of hydrogen-bond acceptors (Lipinski definition) is 5. The topological polar surface area (TPSA) is 40.2 Å². The molecule has 0 bridgehead atoms. The number of fused-ring (bicyclic) bond motifs is 1. The molecule has 190 valence electrons. The number of anilines is 1. The summed E-state index contributed by atoms with van der Waals surface area (Å²) < 4.78 is 17.6. The molecule has 2 aromatic rings. The molecule has 1 aliphatic heterocycles. The van der Waals surface area contributed by atoms with Gasteiger partial charge in [-0.2, -0.15) is 0 Å². The first kappa shape index (κ1) is 29.7. The third-order valence-electron chi connectivity index (χ3n) is 6.23. The number of allylic oxidation sites excluding steroid dienone is 2. The van der Waals surface area contributed by atoms with E-state index in [0.717, 1.165) is 83.3 Å². The Labute approximate surface area is 232 Å². The third-order valence-corrected chi connectivity index (χ3v) is 6.58. The fourth-order valence-electron chi connectivity index (χ4n) is 4.38. The first-order chi connectivity index (χ1) is 16.6. The van der Waals surface area contributed by atoms with Gasteiger partial charge in [0.25, 0.3) is 0 Å². The van der Waals surface area contributed by atoms with Gasteiger partial charge in [-0.15, -0.1) is 0 Å². The van der Waals surface area contributed by atoms with Crippen molar-refractivity contribution in [3.8, 4) is 23.0 Å². The van der Waals surface area contributed by atoms with Crippen LogP contribution >= 0.6 is 11.6 Å². The first-order valence-electron chi connectivity index (χ1n) is 12.3. The molecule has 0 amide bonds. The van der Waals surface area contributed by atoms with E-state index in [-0.39, 0.29) is 23.9 Å². The number of halogens is 1. The summed E-state index contributed by atoms with van der Waals surface area (Å²) in [5.74, 6) is 3.10. The second kappa shape index (κ2) is 14.9. The van der Waals surface area contributed by atoms with Gasteiger partial charge in [0.1, 0.15) is 23.0 Å². The van der Waals surface area contributed by atoms with Crippen molar-refractivity contribution in [2.24, 2.45) is 0 Å². The maximum atomic E-state index is 6.73. The minimum atomic E-state index is 0. The number of benzene rings is 2. The second-order valence-corrected chi connectivity index (χ2v) is 9.07. The fourth-order valence-corrected chi connectivity index (χ4v) is 4.68. The Morgan fingerprint density at radius 1 is 0.829 bits per heavy atom. The molecule has 0 spiro atoms. The van der Waals surface area contributed by atoms with E-state index in [1.165, 1.54) is 12.8 Å². The van der Waals surface area contributed by atoms with E-state index in [9.17, 15) is 0 Å². The molecule has 0 aliphatic carbocycles. The van der Waals surface area contributed by atoms with Gasteiger partial charge in [0, 0.05) is 53.1 Å². The average Bonchev–Trinajstić information content (AvgIpc) is 2.85. The second-order valence-electron chi connectivity index (χ2n) is 8.62. The van der Waals surface area contributed by atoms with Crippen LogP contribution in [0.1, 0.15) is 69.9 Å². The molecule has 35 heavy (non-hydrogen) atoms. The minimum Gasteiger partial charge on any atom is -0.497 e. The monoisotopic (exact) mass is 607 g/mol. The standard InChI is InChI=1S/C28H38ClNO4.Sn/c1-6-8-10-12-20-16-21(31-3)14-15-27(20)34-22-17-26-23(28(18-22)32-4)19-24(29)25(30(26)33-5)13-11-9-7-2;/h14-18H,6-13,19H2,1-5H3;. The SMILES string of the molecule is CCCCCC1=C(Cl)Cc2c(OC)cc(Oc3ccc(OC)cc3CCCCC)cc2N1OC.[Sn]. The summed E-state index contributed by atoms with van der Waals surface area (Å²) in [6.45, 7) is 4.41. The van der Waals surface area contributed by atoms with Crippen molar-refractivity contribution >= 4 is 41.2 Å². The smallest absolute Gasteiger partial charge is 0.133 e. The normalized spacial score (nSPS) is 12.8. The van der Waals surface area contributed by atoms with Crippen molar-refractivity contribution in [3.05, 3.63) is 52.2 Å². The molecule has 1 aliphatic rings. The van der Waals surface area contributed by atoms with Gasteiger partial charge in [0.05, 0.1) is 32.7 Å². The van der Waals surface area contributed by atoms with Crippen LogP contribution in [0.2, 0.25) is 0 Å². The van der Waals surface area contributed by atoms with Gasteiger partial charge in [0.15, 0.2) is 0 Å². The number of methoxy groups -OCH3 is 2. The summed E-state index contributed by atoms with van der Waals surface area (Å²) in [6, 6.07) is 9.93. The van der Waals surface area contributed by atoms with Crippen LogP contribution in [0.25, 0.3) is 0 Å². The van der Waals surface area contributed by atoms with E-state index >= 15 is 0 Å². The van der Waals surface area contributed by atoms with Crippen molar-refractivity contribution in [1.29, 1.82) is 0 Å². The van der Waals surface area contributed by atoms with Gasteiger partial charge in [-0.3, -0.25) is 4.84 Å². The van der Waals surface area contributed by atoms with E-state index < -0.39 is 0 Å². The summed E-state index contributed by atoms with van der Waals surface area (Å²) in [5, 5.41) is 2.63. The predicted molar refractivity (Wildman–Crippen MR) is 145 cm³/mol. The van der Waals surface area contributed by atoms with Crippen molar-refractivity contribution in [2.75, 3.05) is 26.4 Å². The molecule has 5 nitrogen and oxygen atoms in total. The molecule has 7 heteroatoms. The quantitative estimate of drug-likeness (QED) is 0.172. The number of rotatable bonds is 13. The van der Waals surface area contributed by atoms with Gasteiger partial charge in [-0.1, -0.05) is 51.1 Å². The van der Waals surface area contributed by atoms with Crippen molar-refractivity contribution in [1.82, 2.24) is 0 Å². The number of hydroxylamine groups is 1. The molecule has 4 radical (unpaired) electrons. The van der Waals surface area contributed by atoms with Crippen LogP contribution in [0.3, 0.4) is 0 Å². The number of aryl methyl sites for hydroxylation is 1. The molecule has 0 fully saturated rings. The number of unbranched alkanes of at least 4 members (excludes halogenated alkanes) is 4. The Kier molecular flexibility index (Phi) is 12.6. The largest absolute Gasteiger partial charge is 0.497 e. The number of ether oxygens (including phenoxy) is 3. The zero-order chi connectivity index (χ0) is 24.5. The van der Waals surface area contributed by atoms with E-state index in [2.05, 4.69) is 19.9 Å². The Hall–Kier alpha value is -1.57. The number of hydrogen-bond donors (Lipinski definition) is 0. The Balaban J connectivity index is 0.00000432. The van der Waals surface area contributed by atoms with Crippen LogP contribution < -0.4 is 19.3 Å². The van der Waals surface area contributed by atoms with Crippen molar-refractivity contribution in [3.63, 3.8) is 0 Å². The molecular weight excluding hydrogens is 568 g/mol. The van der Waals surface area contributed by atoms with E-state index in [0.29, 0.717) is 12.2 Å². The van der Waals surface area contributed by atoms with Gasteiger partial charge < -0.3 is 14.2 Å². The maximum absolute atomic E-state index is 6.73. The van der Waals surface area contributed by atoms with Crippen LogP contribution in [0, 0.1) is 0 Å². The Morgan fingerprint density at radius 2 is 1.54 bits per heavy atom. The summed E-state index contributed by atoms with van der Waals surface area (Å²) in [7, 11) is 5.04. The first-order valence-corrected chi connectivity index (χ1v) is 12.7. The summed E-state index contributed by atoms with van der Waals surface area (Å²) in [4.78, 5) is 5.82. The van der Waals surface area contributed by atoms with Crippen LogP contribution in [-0.2, 0) is 17.7 Å². The maximum Gasteiger partial charge on any atom is 0.133 e. The van der Waals surface area contributed by atoms with Gasteiger partial charge in [-0.25, -0.2) is 5.06 Å². The minimum absolute atomic E-state index is 0. The van der Waals surface area contributed by atoms with Crippen molar-refractivity contribution < 1.29 is 19.0 Å². The molecular formula is C28H38ClNO4Sn. The molecule has 0 saturated heterocycles. The van der Waals surface area contributed by atoms with Gasteiger partial charge in [-0.05, 0) is 49.4 Å². The average molecular weight is 607 g/mol. The van der Waals surface area contributed by atoms with Gasteiger partial charge in [0.2, 0.25) is 0 Å². The predicted octanol–water partition coefficient (Wildman–Crippen LogP) is 7.80. The molecule has 0 aromatic heterocycles. The molecule has 0 saturated carbocycles. The zero-order valence-corrected chi connectivity index (χ0v) is 25.3. The van der Waals surface area contributed by atoms with Crippen molar-refractivity contribution in [2.45, 2.75) is 71.6 Å². The molecule has 3 rings (SSSR count). The van der Waals surface area contributed by atoms with Crippen LogP contribution in [-0.4, -0.2) is 45.2 Å². The molecule has 1 heterocycles. The van der Waals surface area contributed by atoms with E-state index in [4.69, 9.17) is 30.6 Å².